The van der Waals surface area contributed by atoms with Gasteiger partial charge >= 0.3 is 0 Å². The van der Waals surface area contributed by atoms with Crippen LogP contribution in [0.15, 0.2) is 42.5 Å². The summed E-state index contributed by atoms with van der Waals surface area (Å²) in [6.45, 7) is 6.32. The molecule has 0 heterocycles. The first-order valence-electron chi connectivity index (χ1n) is 7.13. The van der Waals surface area contributed by atoms with E-state index in [1.165, 1.54) is 28.1 Å². The summed E-state index contributed by atoms with van der Waals surface area (Å²) >= 11 is 0. The van der Waals surface area contributed by atoms with E-state index >= 15 is 0 Å². The molecule has 0 radical (unpaired) electrons. The Morgan fingerprint density at radius 2 is 1.70 bits per heavy atom. The minimum atomic E-state index is 0.206. The SMILES string of the molecule is Cc1ccc(N(C)c2ccc(CC(C)N)cc2)c(C)c1. The van der Waals surface area contributed by atoms with Crippen molar-refractivity contribution in [3.05, 3.63) is 59.2 Å². The molecule has 20 heavy (non-hydrogen) atoms. The first-order chi connectivity index (χ1) is 9.47. The number of rotatable bonds is 4. The van der Waals surface area contributed by atoms with E-state index in [0.29, 0.717) is 0 Å². The Labute approximate surface area is 122 Å². The fourth-order valence-corrected chi connectivity index (χ4v) is 2.55. The van der Waals surface area contributed by atoms with E-state index in [-0.39, 0.29) is 6.04 Å². The summed E-state index contributed by atoms with van der Waals surface area (Å²) in [5.74, 6) is 0. The van der Waals surface area contributed by atoms with Gasteiger partial charge in [-0.15, -0.1) is 0 Å². The van der Waals surface area contributed by atoms with E-state index in [0.717, 1.165) is 6.42 Å². The van der Waals surface area contributed by atoms with Crippen molar-refractivity contribution in [3.63, 3.8) is 0 Å². The van der Waals surface area contributed by atoms with Gasteiger partial charge in [0.2, 0.25) is 0 Å². The second-order valence-electron chi connectivity index (χ2n) is 5.70. The topological polar surface area (TPSA) is 29.3 Å². The fourth-order valence-electron chi connectivity index (χ4n) is 2.55. The summed E-state index contributed by atoms with van der Waals surface area (Å²) in [5, 5.41) is 0. The quantitative estimate of drug-likeness (QED) is 0.909. The lowest BCUT2D eigenvalue weighted by Gasteiger charge is -2.22. The number of nitrogens with zero attached hydrogens (tertiary/aromatic N) is 1. The maximum atomic E-state index is 5.84. The van der Waals surface area contributed by atoms with Gasteiger partial charge in [0, 0.05) is 24.5 Å². The van der Waals surface area contributed by atoms with E-state index in [1.54, 1.807) is 0 Å². The van der Waals surface area contributed by atoms with Crippen LogP contribution in [0, 0.1) is 13.8 Å². The van der Waals surface area contributed by atoms with Gasteiger partial charge in [0.05, 0.1) is 0 Å². The minimum Gasteiger partial charge on any atom is -0.344 e. The van der Waals surface area contributed by atoms with Gasteiger partial charge in [-0.05, 0) is 56.5 Å². The average molecular weight is 268 g/mol. The molecule has 1 unspecified atom stereocenters. The number of nitrogens with two attached hydrogens (primary N) is 1. The lowest BCUT2D eigenvalue weighted by Crippen LogP contribution is -2.17. The minimum absolute atomic E-state index is 0.206. The Morgan fingerprint density at radius 1 is 1.05 bits per heavy atom. The van der Waals surface area contributed by atoms with Crippen molar-refractivity contribution in [1.29, 1.82) is 0 Å². The molecule has 0 fully saturated rings. The van der Waals surface area contributed by atoms with E-state index in [4.69, 9.17) is 5.73 Å². The van der Waals surface area contributed by atoms with Crippen molar-refractivity contribution in [3.8, 4) is 0 Å². The number of hydrogen-bond acceptors (Lipinski definition) is 2. The molecule has 0 aliphatic rings. The molecule has 0 saturated heterocycles. The van der Waals surface area contributed by atoms with Crippen LogP contribution in [0.25, 0.3) is 0 Å². The van der Waals surface area contributed by atoms with Crippen molar-refractivity contribution in [2.24, 2.45) is 5.73 Å². The summed E-state index contributed by atoms with van der Waals surface area (Å²) < 4.78 is 0. The first kappa shape index (κ1) is 14.6. The van der Waals surface area contributed by atoms with Crippen LogP contribution in [0.3, 0.4) is 0 Å². The van der Waals surface area contributed by atoms with Crippen LogP contribution in [-0.4, -0.2) is 13.1 Å². The summed E-state index contributed by atoms with van der Waals surface area (Å²) in [7, 11) is 2.11. The van der Waals surface area contributed by atoms with Crippen molar-refractivity contribution in [2.45, 2.75) is 33.2 Å². The number of benzene rings is 2. The van der Waals surface area contributed by atoms with Crippen molar-refractivity contribution >= 4 is 11.4 Å². The molecule has 2 nitrogen and oxygen atoms in total. The monoisotopic (exact) mass is 268 g/mol. The van der Waals surface area contributed by atoms with Crippen LogP contribution >= 0.6 is 0 Å². The molecule has 1 atom stereocenters. The van der Waals surface area contributed by atoms with E-state index in [1.807, 2.05) is 6.92 Å². The molecular weight excluding hydrogens is 244 g/mol. The van der Waals surface area contributed by atoms with Gasteiger partial charge in [0.15, 0.2) is 0 Å². The smallest absolute Gasteiger partial charge is 0.0437 e. The summed E-state index contributed by atoms with van der Waals surface area (Å²) in [6, 6.07) is 15.4. The summed E-state index contributed by atoms with van der Waals surface area (Å²) in [4.78, 5) is 2.23. The predicted octanol–water partition coefficient (Wildman–Crippen LogP) is 3.96. The molecule has 2 N–H and O–H groups in total. The molecule has 2 heteroatoms. The zero-order valence-corrected chi connectivity index (χ0v) is 12.9. The zero-order chi connectivity index (χ0) is 14.7. The van der Waals surface area contributed by atoms with Gasteiger partial charge < -0.3 is 10.6 Å². The third-order valence-corrected chi connectivity index (χ3v) is 3.59. The molecule has 0 aliphatic heterocycles. The molecule has 2 aromatic rings. The Balaban J connectivity index is 2.22. The van der Waals surface area contributed by atoms with Crippen LogP contribution in [0.2, 0.25) is 0 Å². The van der Waals surface area contributed by atoms with Gasteiger partial charge in [-0.2, -0.15) is 0 Å². The Bertz CT molecular complexity index is 570. The Kier molecular flexibility index (Phi) is 4.46. The third-order valence-electron chi connectivity index (χ3n) is 3.59. The van der Waals surface area contributed by atoms with Gasteiger partial charge in [-0.1, -0.05) is 29.8 Å². The molecule has 0 bridgehead atoms. The average Bonchev–Trinajstić information content (AvgIpc) is 2.38. The lowest BCUT2D eigenvalue weighted by atomic mass is 10.1. The second kappa shape index (κ2) is 6.10. The number of hydrogen-bond donors (Lipinski definition) is 1. The van der Waals surface area contributed by atoms with Crippen molar-refractivity contribution in [2.75, 3.05) is 11.9 Å². The van der Waals surface area contributed by atoms with Crippen molar-refractivity contribution < 1.29 is 0 Å². The largest absolute Gasteiger partial charge is 0.344 e. The highest BCUT2D eigenvalue weighted by molar-refractivity contribution is 5.66. The van der Waals surface area contributed by atoms with Crippen molar-refractivity contribution in [1.82, 2.24) is 0 Å². The molecule has 0 saturated carbocycles. The normalized spacial score (nSPS) is 12.2. The van der Waals surface area contributed by atoms with Gasteiger partial charge in [-0.3, -0.25) is 0 Å². The van der Waals surface area contributed by atoms with E-state index in [2.05, 4.69) is 68.3 Å². The molecule has 0 aliphatic carbocycles. The second-order valence-corrected chi connectivity index (χ2v) is 5.70. The maximum absolute atomic E-state index is 5.84. The van der Waals surface area contributed by atoms with Crippen LogP contribution in [0.5, 0.6) is 0 Å². The van der Waals surface area contributed by atoms with Gasteiger partial charge in [0.1, 0.15) is 0 Å². The van der Waals surface area contributed by atoms with Crippen LogP contribution < -0.4 is 10.6 Å². The van der Waals surface area contributed by atoms with Gasteiger partial charge in [-0.25, -0.2) is 0 Å². The predicted molar refractivity (Wildman–Crippen MR) is 87.8 cm³/mol. The third kappa shape index (κ3) is 3.40. The van der Waals surface area contributed by atoms with Gasteiger partial charge in [0.25, 0.3) is 0 Å². The molecule has 2 aromatic carbocycles. The maximum Gasteiger partial charge on any atom is 0.0437 e. The van der Waals surface area contributed by atoms with E-state index < -0.39 is 0 Å². The standard InChI is InChI=1S/C18H24N2/c1-13-5-10-18(14(2)11-13)20(4)17-8-6-16(7-9-17)12-15(3)19/h5-11,15H,12,19H2,1-4H3. The highest BCUT2D eigenvalue weighted by Crippen LogP contribution is 2.27. The summed E-state index contributed by atoms with van der Waals surface area (Å²) in [6.07, 6.45) is 0.924. The molecule has 2 rings (SSSR count). The molecule has 106 valence electrons. The number of aryl methyl sites for hydroxylation is 2. The molecule has 0 spiro atoms. The molecule has 0 amide bonds. The molecular formula is C18H24N2. The first-order valence-corrected chi connectivity index (χ1v) is 7.13. The zero-order valence-electron chi connectivity index (χ0n) is 12.9. The van der Waals surface area contributed by atoms with Crippen LogP contribution in [-0.2, 0) is 6.42 Å². The van der Waals surface area contributed by atoms with Crippen LogP contribution in [0.1, 0.15) is 23.6 Å². The lowest BCUT2D eigenvalue weighted by molar-refractivity contribution is 0.738. The molecule has 0 aromatic heterocycles. The van der Waals surface area contributed by atoms with E-state index in [9.17, 15) is 0 Å². The highest BCUT2D eigenvalue weighted by Gasteiger charge is 2.07. The van der Waals surface area contributed by atoms with Crippen LogP contribution in [0.4, 0.5) is 11.4 Å². The summed E-state index contributed by atoms with van der Waals surface area (Å²) in [5.41, 5.74) is 12.2. The number of anilines is 2. The highest BCUT2D eigenvalue weighted by atomic mass is 15.1. The Hall–Kier alpha value is -1.80. The fraction of sp³-hybridized carbons (Fsp3) is 0.333. The Morgan fingerprint density at radius 3 is 2.25 bits per heavy atom.